The highest BCUT2D eigenvalue weighted by atomic mass is 19.1. The van der Waals surface area contributed by atoms with Crippen LogP contribution in [0.15, 0.2) is 18.2 Å². The molecule has 2 atom stereocenters. The van der Waals surface area contributed by atoms with E-state index in [1.165, 1.54) is 7.05 Å². The highest BCUT2D eigenvalue weighted by Gasteiger charge is 2.50. The fourth-order valence-corrected chi connectivity index (χ4v) is 3.03. The summed E-state index contributed by atoms with van der Waals surface area (Å²) in [5, 5.41) is 0. The van der Waals surface area contributed by atoms with Crippen molar-refractivity contribution in [3.63, 3.8) is 0 Å². The summed E-state index contributed by atoms with van der Waals surface area (Å²) in [5.41, 5.74) is 0.248. The molecular formula is C14H14F2N2O2. The fraction of sp³-hybridized carbons (Fsp3) is 0.429. The minimum Gasteiger partial charge on any atom is -0.297 e. The second-order valence-corrected chi connectivity index (χ2v) is 5.38. The van der Waals surface area contributed by atoms with Gasteiger partial charge in [0.2, 0.25) is 11.8 Å². The normalized spacial score (nSPS) is 26.4. The molecule has 3 rings (SSSR count). The van der Waals surface area contributed by atoms with Gasteiger partial charge in [-0.2, -0.15) is 0 Å². The molecule has 0 spiro atoms. The fourth-order valence-electron chi connectivity index (χ4n) is 3.03. The monoisotopic (exact) mass is 280 g/mol. The van der Waals surface area contributed by atoms with E-state index in [9.17, 15) is 18.4 Å². The van der Waals surface area contributed by atoms with Crippen LogP contribution in [0.5, 0.6) is 0 Å². The van der Waals surface area contributed by atoms with Gasteiger partial charge in [-0.1, -0.05) is 0 Å². The molecule has 2 aliphatic heterocycles. The average molecular weight is 280 g/mol. The van der Waals surface area contributed by atoms with Gasteiger partial charge in [0, 0.05) is 32.2 Å². The van der Waals surface area contributed by atoms with E-state index in [0.29, 0.717) is 13.1 Å². The maximum Gasteiger partial charge on any atom is 0.234 e. The molecule has 0 saturated carbocycles. The molecule has 106 valence electrons. The molecule has 6 heteroatoms. The van der Waals surface area contributed by atoms with E-state index in [1.54, 1.807) is 0 Å². The zero-order valence-corrected chi connectivity index (χ0v) is 11.0. The number of benzene rings is 1. The summed E-state index contributed by atoms with van der Waals surface area (Å²) in [7, 11) is 1.49. The van der Waals surface area contributed by atoms with Crippen molar-refractivity contribution in [3.05, 3.63) is 35.4 Å². The largest absolute Gasteiger partial charge is 0.297 e. The molecule has 0 radical (unpaired) electrons. The predicted molar refractivity (Wildman–Crippen MR) is 66.4 cm³/mol. The maximum absolute atomic E-state index is 13.6. The first-order valence-electron chi connectivity index (χ1n) is 6.45. The van der Waals surface area contributed by atoms with E-state index in [-0.39, 0.29) is 35.8 Å². The number of likely N-dealkylation sites (tertiary alicyclic amines) is 2. The van der Waals surface area contributed by atoms with Crippen LogP contribution in [0.4, 0.5) is 8.78 Å². The van der Waals surface area contributed by atoms with Crippen molar-refractivity contribution in [3.8, 4) is 0 Å². The molecule has 0 aliphatic carbocycles. The number of imide groups is 1. The zero-order valence-electron chi connectivity index (χ0n) is 11.0. The van der Waals surface area contributed by atoms with Crippen LogP contribution in [-0.4, -0.2) is 41.8 Å². The van der Waals surface area contributed by atoms with E-state index in [0.717, 1.165) is 23.1 Å². The summed E-state index contributed by atoms with van der Waals surface area (Å²) in [5.74, 6) is -2.01. The van der Waals surface area contributed by atoms with E-state index in [2.05, 4.69) is 0 Å². The number of hydrogen-bond donors (Lipinski definition) is 0. The lowest BCUT2D eigenvalue weighted by molar-refractivity contribution is -0.138. The highest BCUT2D eigenvalue weighted by Crippen LogP contribution is 2.33. The third-order valence-corrected chi connectivity index (χ3v) is 4.09. The van der Waals surface area contributed by atoms with Crippen LogP contribution in [0, 0.1) is 23.5 Å². The summed E-state index contributed by atoms with van der Waals surface area (Å²) in [6.07, 6.45) is 0. The van der Waals surface area contributed by atoms with Crippen molar-refractivity contribution in [2.75, 3.05) is 20.1 Å². The predicted octanol–water partition coefficient (Wildman–Crippen LogP) is 1.01. The van der Waals surface area contributed by atoms with Crippen LogP contribution in [0.25, 0.3) is 0 Å². The summed E-state index contributed by atoms with van der Waals surface area (Å²) >= 11 is 0. The molecule has 2 saturated heterocycles. The van der Waals surface area contributed by atoms with Gasteiger partial charge in [0.15, 0.2) is 0 Å². The van der Waals surface area contributed by atoms with Crippen molar-refractivity contribution in [1.82, 2.24) is 9.80 Å². The van der Waals surface area contributed by atoms with Crippen molar-refractivity contribution < 1.29 is 18.4 Å². The minimum absolute atomic E-state index is 0.179. The van der Waals surface area contributed by atoms with Crippen molar-refractivity contribution >= 4 is 11.8 Å². The van der Waals surface area contributed by atoms with Gasteiger partial charge in [0.05, 0.1) is 11.8 Å². The molecule has 2 amide bonds. The third-order valence-electron chi connectivity index (χ3n) is 4.09. The summed E-state index contributed by atoms with van der Waals surface area (Å²) in [6, 6.07) is 3.31. The summed E-state index contributed by atoms with van der Waals surface area (Å²) in [4.78, 5) is 26.7. The van der Waals surface area contributed by atoms with Gasteiger partial charge in [0.1, 0.15) is 11.6 Å². The van der Waals surface area contributed by atoms with E-state index >= 15 is 0 Å². The summed E-state index contributed by atoms with van der Waals surface area (Å²) < 4.78 is 26.7. The molecule has 0 unspecified atom stereocenters. The molecule has 2 heterocycles. The van der Waals surface area contributed by atoms with Crippen LogP contribution in [0.3, 0.4) is 0 Å². The van der Waals surface area contributed by atoms with Crippen molar-refractivity contribution in [2.45, 2.75) is 6.54 Å². The molecule has 0 N–H and O–H groups in total. The molecule has 2 fully saturated rings. The van der Waals surface area contributed by atoms with Gasteiger partial charge in [-0.05, 0) is 18.2 Å². The van der Waals surface area contributed by atoms with Crippen LogP contribution in [0.2, 0.25) is 0 Å². The van der Waals surface area contributed by atoms with Crippen LogP contribution in [0.1, 0.15) is 5.56 Å². The Hall–Kier alpha value is -1.82. The molecule has 1 aromatic carbocycles. The summed E-state index contributed by atoms with van der Waals surface area (Å²) in [6.45, 7) is 1.03. The lowest BCUT2D eigenvalue weighted by Gasteiger charge is -2.18. The first-order chi connectivity index (χ1) is 9.47. The van der Waals surface area contributed by atoms with Gasteiger partial charge in [-0.25, -0.2) is 8.78 Å². The van der Waals surface area contributed by atoms with Crippen LogP contribution < -0.4 is 0 Å². The SMILES string of the molecule is CN1C(=O)[C@H]2CN(Cc3cc(F)ccc3F)C[C@H]2C1=O. The Labute approximate surface area is 115 Å². The molecule has 20 heavy (non-hydrogen) atoms. The van der Waals surface area contributed by atoms with Gasteiger partial charge in [-0.3, -0.25) is 19.4 Å². The molecule has 2 aliphatic rings. The van der Waals surface area contributed by atoms with E-state index in [1.807, 2.05) is 4.90 Å². The molecular weight excluding hydrogens is 266 g/mol. The average Bonchev–Trinajstić information content (AvgIpc) is 2.91. The van der Waals surface area contributed by atoms with Gasteiger partial charge in [-0.15, -0.1) is 0 Å². The Bertz CT molecular complexity index is 567. The Morgan fingerprint density at radius 1 is 1.15 bits per heavy atom. The smallest absolute Gasteiger partial charge is 0.234 e. The van der Waals surface area contributed by atoms with Gasteiger partial charge < -0.3 is 0 Å². The number of nitrogens with zero attached hydrogens (tertiary/aromatic N) is 2. The Balaban J connectivity index is 1.75. The highest BCUT2D eigenvalue weighted by molar-refractivity contribution is 6.05. The number of hydrogen-bond acceptors (Lipinski definition) is 3. The second-order valence-electron chi connectivity index (χ2n) is 5.38. The topological polar surface area (TPSA) is 40.6 Å². The lowest BCUT2D eigenvalue weighted by atomic mass is 10.00. The number of carbonyl (C=O) groups excluding carboxylic acids is 2. The molecule has 0 aromatic heterocycles. The Morgan fingerprint density at radius 3 is 2.35 bits per heavy atom. The number of halogens is 2. The van der Waals surface area contributed by atoms with E-state index in [4.69, 9.17) is 0 Å². The molecule has 4 nitrogen and oxygen atoms in total. The molecule has 0 bridgehead atoms. The number of amides is 2. The van der Waals surface area contributed by atoms with E-state index < -0.39 is 11.6 Å². The number of fused-ring (bicyclic) bond motifs is 1. The maximum atomic E-state index is 13.6. The van der Waals surface area contributed by atoms with Crippen molar-refractivity contribution in [2.24, 2.45) is 11.8 Å². The zero-order chi connectivity index (χ0) is 14.4. The second kappa shape index (κ2) is 4.63. The Kier molecular flexibility index (Phi) is 3.05. The first-order valence-corrected chi connectivity index (χ1v) is 6.45. The quantitative estimate of drug-likeness (QED) is 0.759. The van der Waals surface area contributed by atoms with Gasteiger partial charge in [0.25, 0.3) is 0 Å². The van der Waals surface area contributed by atoms with Crippen LogP contribution >= 0.6 is 0 Å². The standard InChI is InChI=1S/C14H14F2N2O2/c1-17-13(19)10-6-18(7-11(10)14(17)20)5-8-4-9(15)2-3-12(8)16/h2-4,10-11H,5-7H2,1H3/t10-,11+. The third kappa shape index (κ3) is 2.00. The number of carbonyl (C=O) groups is 2. The van der Waals surface area contributed by atoms with Gasteiger partial charge >= 0.3 is 0 Å². The lowest BCUT2D eigenvalue weighted by Crippen LogP contribution is -2.33. The van der Waals surface area contributed by atoms with Crippen molar-refractivity contribution in [1.29, 1.82) is 0 Å². The minimum atomic E-state index is -0.493. The molecule has 1 aromatic rings. The first kappa shape index (κ1) is 13.2. The van der Waals surface area contributed by atoms with Crippen LogP contribution in [-0.2, 0) is 16.1 Å². The Morgan fingerprint density at radius 2 is 1.75 bits per heavy atom. The number of rotatable bonds is 2.